The fraction of sp³-hybridized carbons (Fsp3) is 0.214. The fourth-order valence-corrected chi connectivity index (χ4v) is 2.46. The normalized spacial score (nSPS) is 10.8. The molecule has 0 unspecified atom stereocenters. The number of halogens is 2. The molecule has 0 aliphatic heterocycles. The topological polar surface area (TPSA) is 95.9 Å². The number of ether oxygens (including phenoxy) is 1. The van der Waals surface area contributed by atoms with Gasteiger partial charge in [0.25, 0.3) is 0 Å². The van der Waals surface area contributed by atoms with Crippen LogP contribution in [-0.4, -0.2) is 37.9 Å². The third kappa shape index (κ3) is 3.10. The van der Waals surface area contributed by atoms with Crippen molar-refractivity contribution in [1.29, 1.82) is 0 Å². The zero-order valence-electron chi connectivity index (χ0n) is 12.4. The van der Waals surface area contributed by atoms with Gasteiger partial charge in [-0.25, -0.2) is 9.48 Å². The zero-order valence-corrected chi connectivity index (χ0v) is 14.0. The lowest BCUT2D eigenvalue weighted by atomic mass is 10.2. The van der Waals surface area contributed by atoms with Crippen LogP contribution in [0.2, 0.25) is 10.0 Å². The van der Waals surface area contributed by atoms with Gasteiger partial charge in [0.15, 0.2) is 11.5 Å². The largest absolute Gasteiger partial charge is 0.461 e. The molecule has 0 bridgehead atoms. The lowest BCUT2D eigenvalue weighted by Crippen LogP contribution is -2.11. The molecule has 0 saturated heterocycles. The van der Waals surface area contributed by atoms with Crippen LogP contribution in [-0.2, 0) is 11.3 Å². The highest BCUT2D eigenvalue weighted by Gasteiger charge is 2.21. The van der Waals surface area contributed by atoms with E-state index in [1.807, 2.05) is 0 Å². The van der Waals surface area contributed by atoms with Crippen LogP contribution in [0.15, 0.2) is 29.0 Å². The predicted octanol–water partition coefficient (Wildman–Crippen LogP) is 2.86. The summed E-state index contributed by atoms with van der Waals surface area (Å²) in [4.78, 5) is 11.9. The van der Waals surface area contributed by atoms with Gasteiger partial charge in [0.1, 0.15) is 6.26 Å². The van der Waals surface area contributed by atoms with E-state index in [1.165, 1.54) is 10.9 Å². The van der Waals surface area contributed by atoms with E-state index in [-0.39, 0.29) is 18.8 Å². The highest BCUT2D eigenvalue weighted by atomic mass is 35.5. The van der Waals surface area contributed by atoms with Crippen molar-refractivity contribution in [3.8, 4) is 11.4 Å². The molecular formula is C14H11Cl2N5O3. The SMILES string of the molecule is CCOC(=O)c1nocc1Cn1nnnc1-c1cccc(Cl)c1Cl. The van der Waals surface area contributed by atoms with Crippen molar-refractivity contribution in [2.24, 2.45) is 0 Å². The molecule has 8 nitrogen and oxygen atoms in total. The third-order valence-electron chi connectivity index (χ3n) is 3.16. The van der Waals surface area contributed by atoms with Gasteiger partial charge in [-0.3, -0.25) is 0 Å². The molecule has 2 aromatic heterocycles. The molecule has 0 radical (unpaired) electrons. The Hall–Kier alpha value is -2.45. The van der Waals surface area contributed by atoms with Crippen molar-refractivity contribution >= 4 is 29.2 Å². The number of rotatable bonds is 5. The summed E-state index contributed by atoms with van der Waals surface area (Å²) in [5, 5.41) is 15.9. The number of aromatic nitrogens is 5. The summed E-state index contributed by atoms with van der Waals surface area (Å²) < 4.78 is 11.3. The first-order valence-corrected chi connectivity index (χ1v) is 7.68. The van der Waals surface area contributed by atoms with E-state index in [4.69, 9.17) is 32.5 Å². The number of nitrogens with zero attached hydrogens (tertiary/aromatic N) is 5. The molecule has 0 N–H and O–H groups in total. The van der Waals surface area contributed by atoms with Crippen LogP contribution in [0.25, 0.3) is 11.4 Å². The van der Waals surface area contributed by atoms with Gasteiger partial charge in [0, 0.05) is 11.1 Å². The number of hydrogen-bond donors (Lipinski definition) is 0. The molecule has 0 amide bonds. The molecule has 1 aromatic carbocycles. The van der Waals surface area contributed by atoms with Crippen molar-refractivity contribution in [2.75, 3.05) is 6.61 Å². The smallest absolute Gasteiger partial charge is 0.360 e. The van der Waals surface area contributed by atoms with Gasteiger partial charge in [-0.2, -0.15) is 0 Å². The van der Waals surface area contributed by atoms with Gasteiger partial charge >= 0.3 is 5.97 Å². The number of carbonyl (C=O) groups is 1. The van der Waals surface area contributed by atoms with E-state index in [1.54, 1.807) is 25.1 Å². The van der Waals surface area contributed by atoms with E-state index < -0.39 is 5.97 Å². The standard InChI is InChI=1S/C14H11Cl2N5O3/c1-2-23-14(22)12-8(7-24-18-12)6-21-13(17-19-20-21)9-4-3-5-10(15)11(9)16/h3-5,7H,2,6H2,1H3. The summed E-state index contributed by atoms with van der Waals surface area (Å²) in [7, 11) is 0. The summed E-state index contributed by atoms with van der Waals surface area (Å²) in [6.07, 6.45) is 1.34. The summed E-state index contributed by atoms with van der Waals surface area (Å²) in [6.45, 7) is 2.10. The summed E-state index contributed by atoms with van der Waals surface area (Å²) in [5.74, 6) is -0.171. The molecule has 2 heterocycles. The van der Waals surface area contributed by atoms with Gasteiger partial charge in [0.05, 0.1) is 23.2 Å². The summed E-state index contributed by atoms with van der Waals surface area (Å²) >= 11 is 12.2. The molecule has 10 heteroatoms. The van der Waals surface area contributed by atoms with E-state index >= 15 is 0 Å². The maximum absolute atomic E-state index is 11.9. The molecule has 0 aliphatic carbocycles. The second-order valence-electron chi connectivity index (χ2n) is 4.67. The van der Waals surface area contributed by atoms with E-state index in [0.29, 0.717) is 27.0 Å². The van der Waals surface area contributed by atoms with Gasteiger partial charge in [-0.05, 0) is 29.5 Å². The quantitative estimate of drug-likeness (QED) is 0.639. The molecular weight excluding hydrogens is 357 g/mol. The van der Waals surface area contributed by atoms with Crippen molar-refractivity contribution < 1.29 is 14.1 Å². The van der Waals surface area contributed by atoms with Crippen LogP contribution in [0.4, 0.5) is 0 Å². The second-order valence-corrected chi connectivity index (χ2v) is 5.46. The first kappa shape index (κ1) is 16.4. The van der Waals surface area contributed by atoms with E-state index in [2.05, 4.69) is 20.7 Å². The first-order chi connectivity index (χ1) is 11.6. The molecule has 0 aliphatic rings. The van der Waals surface area contributed by atoms with Crippen molar-refractivity contribution in [2.45, 2.75) is 13.5 Å². The van der Waals surface area contributed by atoms with Gasteiger partial charge in [0.2, 0.25) is 0 Å². The maximum Gasteiger partial charge on any atom is 0.360 e. The number of hydrogen-bond acceptors (Lipinski definition) is 7. The van der Waals surface area contributed by atoms with Crippen LogP contribution < -0.4 is 0 Å². The van der Waals surface area contributed by atoms with Crippen molar-refractivity contribution in [1.82, 2.24) is 25.4 Å². The minimum absolute atomic E-state index is 0.0792. The zero-order chi connectivity index (χ0) is 17.1. The molecule has 124 valence electrons. The third-order valence-corrected chi connectivity index (χ3v) is 3.98. The Morgan fingerprint density at radius 1 is 1.38 bits per heavy atom. The molecule has 3 rings (SSSR count). The molecule has 0 spiro atoms. The van der Waals surface area contributed by atoms with E-state index in [9.17, 15) is 4.79 Å². The Kier molecular flexibility index (Phi) is 4.77. The Balaban J connectivity index is 1.94. The van der Waals surface area contributed by atoms with Crippen molar-refractivity contribution in [3.63, 3.8) is 0 Å². The van der Waals surface area contributed by atoms with Crippen LogP contribution in [0, 0.1) is 0 Å². The minimum atomic E-state index is -0.573. The average molecular weight is 368 g/mol. The fourth-order valence-electron chi connectivity index (χ4n) is 2.08. The van der Waals surface area contributed by atoms with E-state index in [0.717, 1.165) is 0 Å². The van der Waals surface area contributed by atoms with Gasteiger partial charge < -0.3 is 9.26 Å². The predicted molar refractivity (Wildman–Crippen MR) is 84.8 cm³/mol. The number of esters is 1. The number of benzene rings is 1. The van der Waals surface area contributed by atoms with Gasteiger partial charge in [-0.15, -0.1) is 5.10 Å². The maximum atomic E-state index is 11.9. The Morgan fingerprint density at radius 2 is 2.21 bits per heavy atom. The van der Waals surface area contributed by atoms with Crippen LogP contribution in [0.3, 0.4) is 0 Å². The Bertz CT molecular complexity index is 877. The molecule has 0 saturated carbocycles. The van der Waals surface area contributed by atoms with Crippen LogP contribution >= 0.6 is 23.2 Å². The van der Waals surface area contributed by atoms with Crippen LogP contribution in [0.1, 0.15) is 23.0 Å². The molecule has 24 heavy (non-hydrogen) atoms. The number of tetrazole rings is 1. The minimum Gasteiger partial charge on any atom is -0.461 e. The first-order valence-electron chi connectivity index (χ1n) is 6.92. The monoisotopic (exact) mass is 367 g/mol. The average Bonchev–Trinajstić information content (AvgIpc) is 3.20. The molecule has 0 fully saturated rings. The Morgan fingerprint density at radius 3 is 3.00 bits per heavy atom. The van der Waals surface area contributed by atoms with Crippen molar-refractivity contribution in [3.05, 3.63) is 45.8 Å². The summed E-state index contributed by atoms with van der Waals surface area (Å²) in [5.41, 5.74) is 1.14. The highest BCUT2D eigenvalue weighted by molar-refractivity contribution is 6.43. The molecule has 0 atom stereocenters. The lowest BCUT2D eigenvalue weighted by molar-refractivity contribution is 0.0513. The highest BCUT2D eigenvalue weighted by Crippen LogP contribution is 2.32. The summed E-state index contributed by atoms with van der Waals surface area (Å²) in [6, 6.07) is 5.16. The van der Waals surface area contributed by atoms with Gasteiger partial charge in [-0.1, -0.05) is 34.4 Å². The molecule has 3 aromatic rings. The second kappa shape index (κ2) is 6.98. The number of carbonyl (C=O) groups excluding carboxylic acids is 1. The van der Waals surface area contributed by atoms with Crippen LogP contribution in [0.5, 0.6) is 0 Å². The lowest BCUT2D eigenvalue weighted by Gasteiger charge is -2.06. The Labute approximate surface area is 146 Å².